The highest BCUT2D eigenvalue weighted by Crippen LogP contribution is 2.33. The molecule has 0 spiro atoms. The molecule has 0 radical (unpaired) electrons. The third-order valence-corrected chi connectivity index (χ3v) is 6.10. The molecule has 0 saturated carbocycles. The molecule has 9 nitrogen and oxygen atoms in total. The Kier molecular flexibility index (Phi) is 7.58. The zero-order valence-corrected chi connectivity index (χ0v) is 20.5. The maximum Gasteiger partial charge on any atom is 0.411 e. The fourth-order valence-corrected chi connectivity index (χ4v) is 4.06. The summed E-state index contributed by atoms with van der Waals surface area (Å²) in [7, 11) is 2.86. The fourth-order valence-electron chi connectivity index (χ4n) is 4.06. The van der Waals surface area contributed by atoms with Crippen LogP contribution >= 0.6 is 0 Å². The van der Waals surface area contributed by atoms with E-state index in [2.05, 4.69) is 15.4 Å². The quantitative estimate of drug-likeness (QED) is 0.640. The molecule has 1 atom stereocenters. The maximum atomic E-state index is 13.3. The molecule has 2 aromatic carbocycles. The normalized spacial score (nSPS) is 17.2. The standard InChI is InChI=1S/C27H29N3O6/c1-4-18-15-35-20(12-17-8-6-5-7-9-17)14-21(18)25(31)29-22-16-36-24-11-10-19(28-27(33)34-3)13-23(24)30(2)26(22)32/h5-11,13-14,22H,4,12,15-16H2,1-3H3,(H,28,33)(H,29,31). The van der Waals surface area contributed by atoms with Crippen molar-refractivity contribution >= 4 is 29.3 Å². The number of allylic oxidation sites excluding steroid dienone is 1. The van der Waals surface area contributed by atoms with Gasteiger partial charge in [-0.25, -0.2) is 4.79 Å². The van der Waals surface area contributed by atoms with Crippen molar-refractivity contribution in [2.45, 2.75) is 25.8 Å². The molecule has 1 unspecified atom stereocenters. The van der Waals surface area contributed by atoms with Crippen LogP contribution in [0.25, 0.3) is 0 Å². The molecular weight excluding hydrogens is 462 g/mol. The minimum absolute atomic E-state index is 0.0302. The number of nitrogens with zero attached hydrogens (tertiary/aromatic N) is 1. The van der Waals surface area contributed by atoms with E-state index in [0.717, 1.165) is 11.1 Å². The van der Waals surface area contributed by atoms with Gasteiger partial charge in [0.1, 0.15) is 30.8 Å². The summed E-state index contributed by atoms with van der Waals surface area (Å²) in [6.07, 6.45) is 2.35. The summed E-state index contributed by atoms with van der Waals surface area (Å²) in [5.41, 5.74) is 3.37. The molecule has 188 valence electrons. The lowest BCUT2D eigenvalue weighted by atomic mass is 10.00. The van der Waals surface area contributed by atoms with Crippen LogP contribution in [0.4, 0.5) is 16.2 Å². The predicted molar refractivity (Wildman–Crippen MR) is 135 cm³/mol. The predicted octanol–water partition coefficient (Wildman–Crippen LogP) is 3.57. The molecule has 2 aromatic rings. The van der Waals surface area contributed by atoms with Crippen LogP contribution in [-0.2, 0) is 25.5 Å². The lowest BCUT2D eigenvalue weighted by Gasteiger charge is -2.24. The number of hydrogen-bond acceptors (Lipinski definition) is 6. The Labute approximate surface area is 209 Å². The van der Waals surface area contributed by atoms with E-state index in [0.29, 0.717) is 47.9 Å². The van der Waals surface area contributed by atoms with E-state index < -0.39 is 12.1 Å². The van der Waals surface area contributed by atoms with Gasteiger partial charge in [-0.15, -0.1) is 0 Å². The number of anilines is 2. The Morgan fingerprint density at radius 3 is 2.64 bits per heavy atom. The van der Waals surface area contributed by atoms with Crippen molar-refractivity contribution in [1.29, 1.82) is 0 Å². The van der Waals surface area contributed by atoms with Crippen molar-refractivity contribution in [3.05, 3.63) is 77.1 Å². The Balaban J connectivity index is 1.50. The van der Waals surface area contributed by atoms with E-state index >= 15 is 0 Å². The van der Waals surface area contributed by atoms with Crippen molar-refractivity contribution in [3.63, 3.8) is 0 Å². The number of rotatable bonds is 6. The van der Waals surface area contributed by atoms with Gasteiger partial charge in [0.15, 0.2) is 0 Å². The number of nitrogens with one attached hydrogen (secondary N) is 2. The SMILES string of the molecule is CCC1=C(C(=O)NC2COc3ccc(NC(=O)OC)cc3N(C)C2=O)C=C(Cc2ccccc2)OC1. The van der Waals surface area contributed by atoms with Gasteiger partial charge in [0.05, 0.1) is 12.8 Å². The number of methoxy groups -OCH3 is 1. The molecule has 0 bridgehead atoms. The van der Waals surface area contributed by atoms with E-state index in [4.69, 9.17) is 9.47 Å². The topological polar surface area (TPSA) is 106 Å². The Morgan fingerprint density at radius 1 is 1.14 bits per heavy atom. The monoisotopic (exact) mass is 491 g/mol. The molecule has 0 saturated heterocycles. The van der Waals surface area contributed by atoms with Crippen LogP contribution < -0.4 is 20.3 Å². The molecule has 9 heteroatoms. The van der Waals surface area contributed by atoms with Crippen molar-refractivity contribution in [1.82, 2.24) is 5.32 Å². The summed E-state index contributed by atoms with van der Waals surface area (Å²) < 4.78 is 16.4. The van der Waals surface area contributed by atoms with Crippen LogP contribution in [0.1, 0.15) is 18.9 Å². The van der Waals surface area contributed by atoms with E-state index in [1.54, 1.807) is 31.3 Å². The Hall–Kier alpha value is -4.27. The first kappa shape index (κ1) is 24.8. The first-order chi connectivity index (χ1) is 17.4. The van der Waals surface area contributed by atoms with Crippen LogP contribution in [0, 0.1) is 0 Å². The summed E-state index contributed by atoms with van der Waals surface area (Å²) >= 11 is 0. The van der Waals surface area contributed by atoms with Gasteiger partial charge in [-0.1, -0.05) is 37.3 Å². The van der Waals surface area contributed by atoms with Gasteiger partial charge in [-0.3, -0.25) is 14.9 Å². The van der Waals surface area contributed by atoms with Gasteiger partial charge in [-0.2, -0.15) is 0 Å². The third-order valence-electron chi connectivity index (χ3n) is 6.10. The maximum absolute atomic E-state index is 13.3. The van der Waals surface area contributed by atoms with E-state index in [-0.39, 0.29) is 18.4 Å². The second-order valence-electron chi connectivity index (χ2n) is 8.47. The third kappa shape index (κ3) is 5.51. The first-order valence-electron chi connectivity index (χ1n) is 11.7. The number of carbonyl (C=O) groups is 3. The molecule has 0 aliphatic carbocycles. The highest BCUT2D eigenvalue weighted by Gasteiger charge is 2.32. The summed E-state index contributed by atoms with van der Waals surface area (Å²) in [5.74, 6) is 0.469. The van der Waals surface area contributed by atoms with Gasteiger partial charge < -0.3 is 24.4 Å². The number of fused-ring (bicyclic) bond motifs is 1. The molecule has 2 aliphatic rings. The fraction of sp³-hybridized carbons (Fsp3) is 0.296. The van der Waals surface area contributed by atoms with Gasteiger partial charge in [0.2, 0.25) is 0 Å². The van der Waals surface area contributed by atoms with Crippen LogP contribution in [0.3, 0.4) is 0 Å². The summed E-state index contributed by atoms with van der Waals surface area (Å²) in [6.45, 7) is 2.26. The lowest BCUT2D eigenvalue weighted by Crippen LogP contribution is -2.49. The zero-order valence-electron chi connectivity index (χ0n) is 20.5. The van der Waals surface area contributed by atoms with Crippen LogP contribution in [0.2, 0.25) is 0 Å². The average molecular weight is 492 g/mol. The van der Waals surface area contributed by atoms with E-state index in [1.807, 2.05) is 37.3 Å². The molecule has 2 N–H and O–H groups in total. The first-order valence-corrected chi connectivity index (χ1v) is 11.7. The summed E-state index contributed by atoms with van der Waals surface area (Å²) in [6, 6.07) is 13.9. The second kappa shape index (κ2) is 11.0. The molecule has 36 heavy (non-hydrogen) atoms. The summed E-state index contributed by atoms with van der Waals surface area (Å²) in [4.78, 5) is 39.5. The Morgan fingerprint density at radius 2 is 1.92 bits per heavy atom. The highest BCUT2D eigenvalue weighted by molar-refractivity contribution is 6.04. The summed E-state index contributed by atoms with van der Waals surface area (Å²) in [5, 5.41) is 5.41. The smallest absolute Gasteiger partial charge is 0.411 e. The minimum atomic E-state index is -0.897. The largest absolute Gasteiger partial charge is 0.493 e. The molecule has 2 aliphatic heterocycles. The van der Waals surface area contributed by atoms with Crippen molar-refractivity contribution in [3.8, 4) is 5.75 Å². The molecule has 0 aromatic heterocycles. The van der Waals surface area contributed by atoms with Gasteiger partial charge in [0.25, 0.3) is 11.8 Å². The number of likely N-dealkylation sites (N-methyl/N-ethyl adjacent to an activating group) is 1. The number of amides is 3. The van der Waals surface area contributed by atoms with Crippen LogP contribution in [0.15, 0.2) is 71.5 Å². The molecular formula is C27H29N3O6. The minimum Gasteiger partial charge on any atom is -0.493 e. The molecule has 4 rings (SSSR count). The van der Waals surface area contributed by atoms with Crippen molar-refractivity contribution in [2.24, 2.45) is 0 Å². The Bertz CT molecular complexity index is 1220. The van der Waals surface area contributed by atoms with Crippen LogP contribution in [0.5, 0.6) is 5.75 Å². The average Bonchev–Trinajstić information content (AvgIpc) is 3.01. The number of carbonyl (C=O) groups excluding carboxylic acids is 3. The number of benzene rings is 2. The van der Waals surface area contributed by atoms with Gasteiger partial charge in [-0.05, 0) is 41.8 Å². The van der Waals surface area contributed by atoms with Gasteiger partial charge >= 0.3 is 6.09 Å². The van der Waals surface area contributed by atoms with Crippen molar-refractivity contribution < 1.29 is 28.6 Å². The lowest BCUT2D eigenvalue weighted by molar-refractivity contribution is -0.125. The highest BCUT2D eigenvalue weighted by atomic mass is 16.5. The second-order valence-corrected chi connectivity index (χ2v) is 8.47. The molecule has 2 heterocycles. The van der Waals surface area contributed by atoms with Gasteiger partial charge in [0, 0.05) is 24.7 Å². The number of hydrogen-bond donors (Lipinski definition) is 2. The zero-order chi connectivity index (χ0) is 25.7. The molecule has 0 fully saturated rings. The van der Waals surface area contributed by atoms with E-state index in [9.17, 15) is 14.4 Å². The molecule has 3 amide bonds. The van der Waals surface area contributed by atoms with Crippen LogP contribution in [-0.4, -0.2) is 51.3 Å². The van der Waals surface area contributed by atoms with Crippen molar-refractivity contribution in [2.75, 3.05) is 37.6 Å². The number of ether oxygens (including phenoxy) is 3. The van der Waals surface area contributed by atoms with E-state index in [1.165, 1.54) is 12.0 Å².